The van der Waals surface area contributed by atoms with Gasteiger partial charge in [-0.3, -0.25) is 4.79 Å². The number of carbonyl (C=O) groups excluding carboxylic acids is 2. The Morgan fingerprint density at radius 2 is 2.05 bits per heavy atom. The molecule has 0 saturated carbocycles. The summed E-state index contributed by atoms with van der Waals surface area (Å²) in [7, 11) is 0. The number of benzene rings is 1. The standard InChI is InChI=1S/C15H19N3O4/c1-9-17-11-6-5-10(7-12(11)21-9)18-13(19)8-16-14(20)22-15(2,3)4/h5-7H,8H2,1-4H3,(H,16,20)(H,18,19). The summed E-state index contributed by atoms with van der Waals surface area (Å²) in [6, 6.07) is 5.15. The smallest absolute Gasteiger partial charge is 0.408 e. The van der Waals surface area contributed by atoms with Gasteiger partial charge in [0.05, 0.1) is 0 Å². The van der Waals surface area contributed by atoms with E-state index in [9.17, 15) is 9.59 Å². The van der Waals surface area contributed by atoms with Crippen LogP contribution in [0.5, 0.6) is 0 Å². The number of ether oxygens (including phenoxy) is 1. The topological polar surface area (TPSA) is 93.5 Å². The van der Waals surface area contributed by atoms with Gasteiger partial charge in [0.1, 0.15) is 17.7 Å². The number of hydrogen-bond acceptors (Lipinski definition) is 5. The van der Waals surface area contributed by atoms with Crippen LogP contribution in [0.3, 0.4) is 0 Å². The van der Waals surface area contributed by atoms with Crippen LogP contribution in [-0.2, 0) is 9.53 Å². The molecule has 7 heteroatoms. The first-order valence-corrected chi connectivity index (χ1v) is 6.87. The van der Waals surface area contributed by atoms with Gasteiger partial charge in [0, 0.05) is 18.7 Å². The van der Waals surface area contributed by atoms with E-state index in [0.29, 0.717) is 17.2 Å². The molecule has 0 fully saturated rings. The highest BCUT2D eigenvalue weighted by molar-refractivity contribution is 5.95. The van der Waals surface area contributed by atoms with Crippen LogP contribution >= 0.6 is 0 Å². The molecule has 0 aliphatic rings. The average molecular weight is 305 g/mol. The highest BCUT2D eigenvalue weighted by Crippen LogP contribution is 2.19. The number of oxazole rings is 1. The molecule has 0 aliphatic carbocycles. The summed E-state index contributed by atoms with van der Waals surface area (Å²) in [5, 5.41) is 5.06. The van der Waals surface area contributed by atoms with E-state index in [1.165, 1.54) is 0 Å². The van der Waals surface area contributed by atoms with Gasteiger partial charge < -0.3 is 19.8 Å². The van der Waals surface area contributed by atoms with Gasteiger partial charge in [-0.15, -0.1) is 0 Å². The molecule has 118 valence electrons. The van der Waals surface area contributed by atoms with Crippen LogP contribution in [0.2, 0.25) is 0 Å². The molecule has 1 aromatic carbocycles. The van der Waals surface area contributed by atoms with Crippen molar-refractivity contribution < 1.29 is 18.7 Å². The fourth-order valence-corrected chi connectivity index (χ4v) is 1.79. The van der Waals surface area contributed by atoms with Crippen molar-refractivity contribution in [1.82, 2.24) is 10.3 Å². The Labute approximate surface area is 128 Å². The van der Waals surface area contributed by atoms with Crippen molar-refractivity contribution in [3.05, 3.63) is 24.1 Å². The van der Waals surface area contributed by atoms with Crippen molar-refractivity contribution in [2.45, 2.75) is 33.3 Å². The lowest BCUT2D eigenvalue weighted by Crippen LogP contribution is -2.37. The lowest BCUT2D eigenvalue weighted by molar-refractivity contribution is -0.115. The van der Waals surface area contributed by atoms with E-state index in [1.807, 2.05) is 0 Å². The first-order valence-electron chi connectivity index (χ1n) is 6.87. The Hall–Kier alpha value is -2.57. The molecule has 7 nitrogen and oxygen atoms in total. The fourth-order valence-electron chi connectivity index (χ4n) is 1.79. The minimum Gasteiger partial charge on any atom is -0.444 e. The molecule has 0 atom stereocenters. The third-order valence-electron chi connectivity index (χ3n) is 2.57. The first-order chi connectivity index (χ1) is 10.2. The average Bonchev–Trinajstić information content (AvgIpc) is 2.74. The summed E-state index contributed by atoms with van der Waals surface area (Å²) < 4.78 is 10.4. The van der Waals surface area contributed by atoms with Crippen molar-refractivity contribution in [3.8, 4) is 0 Å². The SMILES string of the molecule is Cc1nc2ccc(NC(=O)CNC(=O)OC(C)(C)C)cc2o1. The quantitative estimate of drug-likeness (QED) is 0.909. The Kier molecular flexibility index (Phi) is 4.35. The molecule has 2 aromatic rings. The van der Waals surface area contributed by atoms with E-state index in [0.717, 1.165) is 5.52 Å². The minimum absolute atomic E-state index is 0.178. The van der Waals surface area contributed by atoms with Gasteiger partial charge in [-0.2, -0.15) is 0 Å². The number of alkyl carbamates (subject to hydrolysis) is 1. The second kappa shape index (κ2) is 6.05. The lowest BCUT2D eigenvalue weighted by Gasteiger charge is -2.19. The number of fused-ring (bicyclic) bond motifs is 1. The molecule has 2 rings (SSSR count). The maximum atomic E-state index is 11.8. The lowest BCUT2D eigenvalue weighted by atomic mass is 10.2. The number of anilines is 1. The van der Waals surface area contributed by atoms with Crippen LogP contribution in [0, 0.1) is 6.92 Å². The minimum atomic E-state index is -0.635. The van der Waals surface area contributed by atoms with Crippen molar-refractivity contribution in [1.29, 1.82) is 0 Å². The Balaban J connectivity index is 1.89. The first kappa shape index (κ1) is 15.8. The van der Waals surface area contributed by atoms with Crippen LogP contribution in [0.25, 0.3) is 11.1 Å². The Bertz CT molecular complexity index is 700. The monoisotopic (exact) mass is 305 g/mol. The molecule has 22 heavy (non-hydrogen) atoms. The highest BCUT2D eigenvalue weighted by Gasteiger charge is 2.16. The summed E-state index contributed by atoms with van der Waals surface area (Å²) in [5.41, 5.74) is 1.29. The Morgan fingerprint density at radius 1 is 1.32 bits per heavy atom. The normalized spacial score (nSPS) is 11.3. The molecule has 2 amide bonds. The molecule has 0 bridgehead atoms. The maximum Gasteiger partial charge on any atom is 0.408 e. The molecule has 0 aliphatic heterocycles. The summed E-state index contributed by atoms with van der Waals surface area (Å²) in [6.45, 7) is 6.83. The van der Waals surface area contributed by atoms with E-state index in [2.05, 4.69) is 15.6 Å². The van der Waals surface area contributed by atoms with E-state index in [1.54, 1.807) is 45.9 Å². The van der Waals surface area contributed by atoms with Crippen molar-refractivity contribution in [3.63, 3.8) is 0 Å². The summed E-state index contributed by atoms with van der Waals surface area (Å²) in [6.07, 6.45) is -0.635. The van der Waals surface area contributed by atoms with Gasteiger partial charge in [-0.1, -0.05) is 0 Å². The van der Waals surface area contributed by atoms with E-state index in [-0.39, 0.29) is 12.5 Å². The number of amides is 2. The Morgan fingerprint density at radius 3 is 2.73 bits per heavy atom. The van der Waals surface area contributed by atoms with Crippen LogP contribution in [0.1, 0.15) is 26.7 Å². The van der Waals surface area contributed by atoms with Crippen LogP contribution in [0.4, 0.5) is 10.5 Å². The number of nitrogens with zero attached hydrogens (tertiary/aromatic N) is 1. The molecule has 0 unspecified atom stereocenters. The third kappa shape index (κ3) is 4.47. The second-order valence-electron chi connectivity index (χ2n) is 5.82. The van der Waals surface area contributed by atoms with Gasteiger partial charge in [-0.25, -0.2) is 9.78 Å². The largest absolute Gasteiger partial charge is 0.444 e. The van der Waals surface area contributed by atoms with Crippen LogP contribution in [0.15, 0.2) is 22.6 Å². The molecular formula is C15H19N3O4. The maximum absolute atomic E-state index is 11.8. The summed E-state index contributed by atoms with van der Waals surface area (Å²) >= 11 is 0. The van der Waals surface area contributed by atoms with Crippen LogP contribution in [-0.4, -0.2) is 29.1 Å². The second-order valence-corrected chi connectivity index (χ2v) is 5.82. The number of aromatic nitrogens is 1. The van der Waals surface area contributed by atoms with Gasteiger partial charge in [0.25, 0.3) is 0 Å². The predicted octanol–water partition coefficient (Wildman–Crippen LogP) is 2.60. The zero-order chi connectivity index (χ0) is 16.3. The molecule has 1 heterocycles. The molecular weight excluding hydrogens is 286 g/mol. The number of hydrogen-bond donors (Lipinski definition) is 2. The molecule has 0 radical (unpaired) electrons. The predicted molar refractivity (Wildman–Crippen MR) is 81.6 cm³/mol. The molecule has 2 N–H and O–H groups in total. The molecule has 0 spiro atoms. The van der Waals surface area contributed by atoms with Gasteiger partial charge >= 0.3 is 6.09 Å². The number of carbonyl (C=O) groups is 2. The van der Waals surface area contributed by atoms with E-state index >= 15 is 0 Å². The van der Waals surface area contributed by atoms with E-state index < -0.39 is 11.7 Å². The zero-order valence-corrected chi connectivity index (χ0v) is 13.0. The summed E-state index contributed by atoms with van der Waals surface area (Å²) in [5.74, 6) is 0.200. The van der Waals surface area contributed by atoms with Gasteiger partial charge in [0.15, 0.2) is 11.5 Å². The van der Waals surface area contributed by atoms with Crippen LogP contribution < -0.4 is 10.6 Å². The van der Waals surface area contributed by atoms with Crippen molar-refractivity contribution >= 4 is 28.8 Å². The number of nitrogens with one attached hydrogen (secondary N) is 2. The van der Waals surface area contributed by atoms with Crippen molar-refractivity contribution in [2.24, 2.45) is 0 Å². The number of rotatable bonds is 3. The molecule has 0 saturated heterocycles. The molecule has 1 aromatic heterocycles. The fraction of sp³-hybridized carbons (Fsp3) is 0.400. The highest BCUT2D eigenvalue weighted by atomic mass is 16.6. The van der Waals surface area contributed by atoms with Gasteiger partial charge in [-0.05, 0) is 32.9 Å². The number of aryl methyl sites for hydroxylation is 1. The third-order valence-corrected chi connectivity index (χ3v) is 2.57. The zero-order valence-electron chi connectivity index (χ0n) is 13.0. The van der Waals surface area contributed by atoms with E-state index in [4.69, 9.17) is 9.15 Å². The summed E-state index contributed by atoms with van der Waals surface area (Å²) in [4.78, 5) is 27.4. The van der Waals surface area contributed by atoms with Crippen molar-refractivity contribution in [2.75, 3.05) is 11.9 Å². The van der Waals surface area contributed by atoms with Gasteiger partial charge in [0.2, 0.25) is 5.91 Å².